The van der Waals surface area contributed by atoms with E-state index in [0.717, 1.165) is 0 Å². The molecule has 0 saturated carbocycles. The van der Waals surface area contributed by atoms with Crippen LogP contribution in [-0.4, -0.2) is 0 Å². The number of thiol groups is 1. The van der Waals surface area contributed by atoms with Gasteiger partial charge in [0.1, 0.15) is 0 Å². The van der Waals surface area contributed by atoms with Crippen LogP contribution in [0.5, 0.6) is 0 Å². The molecule has 0 nitrogen and oxygen atoms in total. The van der Waals surface area contributed by atoms with Gasteiger partial charge in [0.2, 0.25) is 0 Å². The topological polar surface area (TPSA) is 0 Å². The van der Waals surface area contributed by atoms with Crippen molar-refractivity contribution in [1.29, 1.82) is 0 Å². The lowest BCUT2D eigenvalue weighted by atomic mass is 10.6. The molecule has 0 spiro atoms. The van der Waals surface area contributed by atoms with Crippen LogP contribution in [0.2, 0.25) is 0 Å². The van der Waals surface area contributed by atoms with E-state index in [1.807, 2.05) is 27.7 Å². The highest BCUT2D eigenvalue weighted by Gasteiger charge is 1.60. The molecule has 68 valence electrons. The fourth-order valence-corrected chi connectivity index (χ4v) is 0. The lowest BCUT2D eigenvalue weighted by Crippen LogP contribution is -1.43. The number of hydrogen-bond acceptors (Lipinski definition) is 1. The summed E-state index contributed by atoms with van der Waals surface area (Å²) in [7, 11) is 0. The van der Waals surface area contributed by atoms with Gasteiger partial charge in [-0.15, -0.1) is 25.8 Å². The molecule has 0 aliphatic carbocycles. The smallest absolute Gasteiger partial charge is 0.00379 e. The highest BCUT2D eigenvalue weighted by molar-refractivity contribution is 7.84. The molecule has 0 aliphatic rings. The molecule has 11 heavy (non-hydrogen) atoms. The summed E-state index contributed by atoms with van der Waals surface area (Å²) in [5.41, 5.74) is 0. The van der Waals surface area contributed by atoms with Gasteiger partial charge in [0.05, 0.1) is 0 Å². The average molecular weight is 174 g/mol. The van der Waals surface area contributed by atoms with E-state index >= 15 is 0 Å². The second-order valence-corrected chi connectivity index (χ2v) is 1.27. The highest BCUT2D eigenvalue weighted by atomic mass is 32.1. The molecule has 0 aromatic carbocycles. The summed E-state index contributed by atoms with van der Waals surface area (Å²) in [5.74, 6) is 0. The SMILES string of the molecule is C=C.C=CC(=C)S.CC.CC. The molecule has 0 N–H and O–H groups in total. The first-order chi connectivity index (χ1) is 5.27. The Morgan fingerprint density at radius 3 is 1.18 bits per heavy atom. The second kappa shape index (κ2) is 55.1. The van der Waals surface area contributed by atoms with Crippen molar-refractivity contribution in [3.63, 3.8) is 0 Å². The third-order valence-electron chi connectivity index (χ3n) is 0.236. The Morgan fingerprint density at radius 1 is 1.09 bits per heavy atom. The van der Waals surface area contributed by atoms with Crippen molar-refractivity contribution in [3.05, 3.63) is 37.3 Å². The Labute approximate surface area is 78.1 Å². The lowest BCUT2D eigenvalue weighted by molar-refractivity contribution is 1.50. The zero-order valence-corrected chi connectivity index (χ0v) is 9.25. The van der Waals surface area contributed by atoms with Crippen LogP contribution in [0.15, 0.2) is 37.3 Å². The molecule has 0 aliphatic heterocycles. The van der Waals surface area contributed by atoms with Crippen molar-refractivity contribution < 1.29 is 0 Å². The van der Waals surface area contributed by atoms with Crippen LogP contribution < -0.4 is 0 Å². The van der Waals surface area contributed by atoms with Gasteiger partial charge in [-0.3, -0.25) is 0 Å². The molecular weight excluding hydrogens is 152 g/mol. The van der Waals surface area contributed by atoms with Crippen molar-refractivity contribution in [3.8, 4) is 0 Å². The predicted molar refractivity (Wildman–Crippen MR) is 62.3 cm³/mol. The van der Waals surface area contributed by atoms with Crippen molar-refractivity contribution >= 4 is 12.6 Å². The molecular formula is C10H22S. The molecule has 0 radical (unpaired) electrons. The first-order valence-corrected chi connectivity index (χ1v) is 4.22. The summed E-state index contributed by atoms with van der Waals surface area (Å²) in [6.45, 7) is 20.8. The standard InChI is InChI=1S/C4H6S.2C2H6.C2H4/c1-3-4(2)5;3*1-2/h3,5H,1-2H2;2*1-2H3;1-2H2. The van der Waals surface area contributed by atoms with E-state index < -0.39 is 0 Å². The number of hydrogen-bond donors (Lipinski definition) is 1. The van der Waals surface area contributed by atoms with Crippen LogP contribution in [0, 0.1) is 0 Å². The van der Waals surface area contributed by atoms with Gasteiger partial charge in [0, 0.05) is 0 Å². The van der Waals surface area contributed by atoms with E-state index in [1.165, 1.54) is 0 Å². The fraction of sp³-hybridized carbons (Fsp3) is 0.400. The molecule has 0 heterocycles. The Bertz CT molecular complexity index is 65.3. The Balaban J connectivity index is -0.0000000350. The summed E-state index contributed by atoms with van der Waals surface area (Å²) < 4.78 is 0. The maximum absolute atomic E-state index is 3.79. The van der Waals surface area contributed by atoms with Crippen molar-refractivity contribution in [2.24, 2.45) is 0 Å². The summed E-state index contributed by atoms with van der Waals surface area (Å²) >= 11 is 3.79. The predicted octanol–water partition coefficient (Wildman–Crippen LogP) is 4.47. The Hall–Kier alpha value is -0.430. The maximum Gasteiger partial charge on any atom is -0.00379 e. The van der Waals surface area contributed by atoms with Crippen molar-refractivity contribution in [1.82, 2.24) is 0 Å². The minimum atomic E-state index is 0.713. The molecule has 0 fully saturated rings. The van der Waals surface area contributed by atoms with Crippen LogP contribution in [0.4, 0.5) is 0 Å². The summed E-state index contributed by atoms with van der Waals surface area (Å²) in [6, 6.07) is 0. The first-order valence-electron chi connectivity index (χ1n) is 3.77. The third-order valence-corrected chi connectivity index (χ3v) is 0.418. The third kappa shape index (κ3) is 222. The fourth-order valence-electron chi connectivity index (χ4n) is 0. The van der Waals surface area contributed by atoms with Crippen LogP contribution in [0.25, 0.3) is 0 Å². The number of allylic oxidation sites excluding steroid dienone is 1. The molecule has 0 unspecified atom stereocenters. The largest absolute Gasteiger partial charge is 0.144 e. The van der Waals surface area contributed by atoms with Crippen LogP contribution in [0.3, 0.4) is 0 Å². The normalized spacial score (nSPS) is 4.45. The minimum Gasteiger partial charge on any atom is -0.144 e. The molecule has 0 amide bonds. The maximum atomic E-state index is 3.79. The van der Waals surface area contributed by atoms with E-state index in [2.05, 4.69) is 38.9 Å². The highest BCUT2D eigenvalue weighted by Crippen LogP contribution is 1.91. The van der Waals surface area contributed by atoms with Gasteiger partial charge < -0.3 is 0 Å². The second-order valence-electron chi connectivity index (χ2n) is 0.695. The summed E-state index contributed by atoms with van der Waals surface area (Å²) in [6.07, 6.45) is 1.59. The van der Waals surface area contributed by atoms with Gasteiger partial charge in [0.15, 0.2) is 0 Å². The van der Waals surface area contributed by atoms with E-state index in [9.17, 15) is 0 Å². The van der Waals surface area contributed by atoms with Gasteiger partial charge in [-0.2, -0.15) is 0 Å². The molecule has 0 bridgehead atoms. The van der Waals surface area contributed by atoms with Crippen molar-refractivity contribution in [2.45, 2.75) is 27.7 Å². The molecule has 0 aromatic rings. The average Bonchev–Trinajstić information content (AvgIpc) is 2.15. The first kappa shape index (κ1) is 22.4. The molecule has 0 atom stereocenters. The van der Waals surface area contributed by atoms with Gasteiger partial charge >= 0.3 is 0 Å². The van der Waals surface area contributed by atoms with Crippen molar-refractivity contribution in [2.75, 3.05) is 0 Å². The van der Waals surface area contributed by atoms with Gasteiger partial charge in [-0.1, -0.05) is 46.9 Å². The molecule has 0 saturated heterocycles. The monoisotopic (exact) mass is 174 g/mol. The van der Waals surface area contributed by atoms with E-state index in [0.29, 0.717) is 4.91 Å². The quantitative estimate of drug-likeness (QED) is 0.338. The van der Waals surface area contributed by atoms with E-state index in [1.54, 1.807) is 6.08 Å². The van der Waals surface area contributed by atoms with E-state index in [-0.39, 0.29) is 0 Å². The Kier molecular flexibility index (Phi) is 112. The zero-order chi connectivity index (χ0) is 10.3. The number of rotatable bonds is 1. The molecule has 0 rings (SSSR count). The van der Waals surface area contributed by atoms with Crippen LogP contribution >= 0.6 is 12.6 Å². The molecule has 1 heteroatoms. The zero-order valence-electron chi connectivity index (χ0n) is 8.35. The summed E-state index contributed by atoms with van der Waals surface area (Å²) in [5, 5.41) is 0. The minimum absolute atomic E-state index is 0.713. The van der Waals surface area contributed by atoms with Gasteiger partial charge in [-0.25, -0.2) is 0 Å². The van der Waals surface area contributed by atoms with E-state index in [4.69, 9.17) is 0 Å². The molecule has 0 aromatic heterocycles. The van der Waals surface area contributed by atoms with Crippen LogP contribution in [-0.2, 0) is 0 Å². The lowest BCUT2D eigenvalue weighted by Gasteiger charge is -1.70. The summed E-state index contributed by atoms with van der Waals surface area (Å²) in [4.78, 5) is 0.713. The van der Waals surface area contributed by atoms with Crippen LogP contribution in [0.1, 0.15) is 27.7 Å². The Morgan fingerprint density at radius 2 is 1.18 bits per heavy atom. The van der Waals surface area contributed by atoms with Gasteiger partial charge in [0.25, 0.3) is 0 Å². The van der Waals surface area contributed by atoms with Gasteiger partial charge in [-0.05, 0) is 4.91 Å².